The maximum atomic E-state index is 12.5. The Balaban J connectivity index is 1.54. The molecule has 0 radical (unpaired) electrons. The summed E-state index contributed by atoms with van der Waals surface area (Å²) in [5.74, 6) is 0. The molecule has 0 spiro atoms. The molecule has 1 saturated heterocycles. The topological polar surface area (TPSA) is 48.5 Å². The molecule has 25 heavy (non-hydrogen) atoms. The molecular weight excluding hydrogens is 333 g/mol. The van der Waals surface area contributed by atoms with Crippen molar-refractivity contribution in [1.29, 1.82) is 0 Å². The summed E-state index contributed by atoms with van der Waals surface area (Å²) >= 11 is 0. The van der Waals surface area contributed by atoms with Gasteiger partial charge in [0.25, 0.3) is 0 Å². The van der Waals surface area contributed by atoms with E-state index < -0.39 is 11.7 Å². The number of piperazine rings is 1. The Morgan fingerprint density at radius 2 is 1.56 bits per heavy atom. The lowest BCUT2D eigenvalue weighted by molar-refractivity contribution is -0.137. The number of nitrogens with one attached hydrogen (secondary N) is 1. The largest absolute Gasteiger partial charge is 0.416 e. The van der Waals surface area contributed by atoms with Crippen molar-refractivity contribution in [1.82, 2.24) is 9.88 Å². The summed E-state index contributed by atoms with van der Waals surface area (Å²) in [6.45, 7) is 2.44. The van der Waals surface area contributed by atoms with Gasteiger partial charge in [-0.3, -0.25) is 4.98 Å². The van der Waals surface area contributed by atoms with Gasteiger partial charge >= 0.3 is 12.2 Å². The number of hydrogen-bond acceptors (Lipinski definition) is 3. The second kappa shape index (κ2) is 7.00. The standard InChI is InChI=1S/C17H17F3N4O/c18-17(19,20)13-1-3-14(4-2-13)22-16(25)24-11-9-23(10-12-24)15-5-7-21-8-6-15/h1-8H,9-12H2,(H,22,25). The molecule has 3 rings (SSSR count). The van der Waals surface area contributed by atoms with E-state index in [0.717, 1.165) is 17.8 Å². The van der Waals surface area contributed by atoms with Crippen molar-refractivity contribution in [3.63, 3.8) is 0 Å². The van der Waals surface area contributed by atoms with Crippen LogP contribution in [-0.2, 0) is 6.18 Å². The highest BCUT2D eigenvalue weighted by atomic mass is 19.4. The van der Waals surface area contributed by atoms with E-state index in [-0.39, 0.29) is 6.03 Å². The average Bonchev–Trinajstić information content (AvgIpc) is 2.62. The van der Waals surface area contributed by atoms with E-state index in [1.807, 2.05) is 12.1 Å². The molecule has 1 N–H and O–H groups in total. The molecular formula is C17H17F3N4O. The van der Waals surface area contributed by atoms with Crippen LogP contribution in [0.25, 0.3) is 0 Å². The Hall–Kier alpha value is -2.77. The van der Waals surface area contributed by atoms with E-state index in [1.54, 1.807) is 17.3 Å². The minimum absolute atomic E-state index is 0.311. The predicted molar refractivity (Wildman–Crippen MR) is 88.5 cm³/mol. The highest BCUT2D eigenvalue weighted by Gasteiger charge is 2.30. The minimum Gasteiger partial charge on any atom is -0.368 e. The molecule has 8 heteroatoms. The Morgan fingerprint density at radius 1 is 0.960 bits per heavy atom. The van der Waals surface area contributed by atoms with Gasteiger partial charge in [0.05, 0.1) is 5.56 Å². The number of alkyl halides is 3. The number of rotatable bonds is 2. The smallest absolute Gasteiger partial charge is 0.368 e. The molecule has 1 aliphatic heterocycles. The summed E-state index contributed by atoms with van der Waals surface area (Å²) in [6, 6.07) is 7.94. The van der Waals surface area contributed by atoms with Crippen LogP contribution < -0.4 is 10.2 Å². The maximum Gasteiger partial charge on any atom is 0.416 e. The molecule has 132 valence electrons. The van der Waals surface area contributed by atoms with E-state index in [9.17, 15) is 18.0 Å². The van der Waals surface area contributed by atoms with Gasteiger partial charge in [-0.15, -0.1) is 0 Å². The van der Waals surface area contributed by atoms with Crippen LogP contribution in [0.5, 0.6) is 0 Å². The van der Waals surface area contributed by atoms with E-state index in [2.05, 4.69) is 15.2 Å². The van der Waals surface area contributed by atoms with Gasteiger partial charge in [0.1, 0.15) is 0 Å². The quantitative estimate of drug-likeness (QED) is 0.902. The fraction of sp³-hybridized carbons (Fsp3) is 0.294. The van der Waals surface area contributed by atoms with Gasteiger partial charge in [0.2, 0.25) is 0 Å². The first kappa shape index (κ1) is 17.1. The van der Waals surface area contributed by atoms with E-state index >= 15 is 0 Å². The third-order valence-corrected chi connectivity index (χ3v) is 4.06. The van der Waals surface area contributed by atoms with Gasteiger partial charge in [-0.05, 0) is 36.4 Å². The zero-order chi connectivity index (χ0) is 17.9. The van der Waals surface area contributed by atoms with Crippen LogP contribution in [0, 0.1) is 0 Å². The molecule has 0 saturated carbocycles. The van der Waals surface area contributed by atoms with Crippen molar-refractivity contribution in [2.24, 2.45) is 0 Å². The summed E-state index contributed by atoms with van der Waals surface area (Å²) in [5.41, 5.74) is 0.656. The summed E-state index contributed by atoms with van der Waals surface area (Å²) in [5, 5.41) is 2.64. The van der Waals surface area contributed by atoms with Crippen LogP contribution >= 0.6 is 0 Å². The number of urea groups is 1. The summed E-state index contributed by atoms with van der Waals surface area (Å²) < 4.78 is 37.6. The molecule has 2 heterocycles. The first-order chi connectivity index (χ1) is 11.9. The maximum absolute atomic E-state index is 12.5. The van der Waals surface area contributed by atoms with E-state index in [0.29, 0.717) is 31.9 Å². The summed E-state index contributed by atoms with van der Waals surface area (Å²) in [4.78, 5) is 20.0. The predicted octanol–water partition coefficient (Wildman–Crippen LogP) is 3.45. The minimum atomic E-state index is -4.38. The van der Waals surface area contributed by atoms with Crippen molar-refractivity contribution in [3.8, 4) is 0 Å². The Morgan fingerprint density at radius 3 is 2.12 bits per heavy atom. The van der Waals surface area contributed by atoms with E-state index in [1.165, 1.54) is 12.1 Å². The van der Waals surface area contributed by atoms with Gasteiger partial charge in [0.15, 0.2) is 0 Å². The number of carbonyl (C=O) groups excluding carboxylic acids is 1. The summed E-state index contributed by atoms with van der Waals surface area (Å²) in [7, 11) is 0. The van der Waals surface area contributed by atoms with Crippen LogP contribution in [0.3, 0.4) is 0 Å². The normalized spacial score (nSPS) is 15.2. The Kier molecular flexibility index (Phi) is 4.78. The molecule has 0 unspecified atom stereocenters. The molecule has 0 bridgehead atoms. The number of nitrogens with zero attached hydrogens (tertiary/aromatic N) is 3. The SMILES string of the molecule is O=C(Nc1ccc(C(F)(F)F)cc1)N1CCN(c2ccncc2)CC1. The van der Waals surface area contributed by atoms with Crippen LogP contribution in [0.2, 0.25) is 0 Å². The van der Waals surface area contributed by atoms with E-state index in [4.69, 9.17) is 0 Å². The number of anilines is 2. The zero-order valence-electron chi connectivity index (χ0n) is 13.3. The number of pyridine rings is 1. The third-order valence-electron chi connectivity index (χ3n) is 4.06. The van der Waals surface area contributed by atoms with Gasteiger partial charge in [-0.2, -0.15) is 13.2 Å². The number of aromatic nitrogens is 1. The third kappa shape index (κ3) is 4.20. The monoisotopic (exact) mass is 350 g/mol. The van der Waals surface area contributed by atoms with Crippen molar-refractivity contribution in [2.45, 2.75) is 6.18 Å². The average molecular weight is 350 g/mol. The van der Waals surface area contributed by atoms with Crippen molar-refractivity contribution in [3.05, 3.63) is 54.4 Å². The van der Waals surface area contributed by atoms with Crippen LogP contribution in [0.1, 0.15) is 5.56 Å². The number of benzene rings is 1. The van der Waals surface area contributed by atoms with Gasteiger partial charge in [-0.1, -0.05) is 0 Å². The fourth-order valence-corrected chi connectivity index (χ4v) is 2.67. The Bertz CT molecular complexity index is 711. The molecule has 5 nitrogen and oxygen atoms in total. The van der Waals surface area contributed by atoms with Crippen molar-refractivity contribution < 1.29 is 18.0 Å². The molecule has 1 aromatic heterocycles. The molecule has 0 atom stereocenters. The highest BCUT2D eigenvalue weighted by molar-refractivity contribution is 5.89. The van der Waals surface area contributed by atoms with Crippen molar-refractivity contribution >= 4 is 17.4 Å². The lowest BCUT2D eigenvalue weighted by Crippen LogP contribution is -2.50. The number of hydrogen-bond donors (Lipinski definition) is 1. The first-order valence-electron chi connectivity index (χ1n) is 7.81. The molecule has 1 aromatic carbocycles. The molecule has 1 fully saturated rings. The molecule has 2 aromatic rings. The first-order valence-corrected chi connectivity index (χ1v) is 7.81. The lowest BCUT2D eigenvalue weighted by Gasteiger charge is -2.36. The molecule has 1 aliphatic rings. The van der Waals surface area contributed by atoms with Gasteiger partial charge in [0, 0.05) is 49.9 Å². The molecule has 2 amide bonds. The second-order valence-corrected chi connectivity index (χ2v) is 5.68. The number of amides is 2. The fourth-order valence-electron chi connectivity index (χ4n) is 2.67. The zero-order valence-corrected chi connectivity index (χ0v) is 13.3. The highest BCUT2D eigenvalue weighted by Crippen LogP contribution is 2.29. The summed E-state index contributed by atoms with van der Waals surface area (Å²) in [6.07, 6.45) is -0.941. The molecule has 0 aliphatic carbocycles. The van der Waals surface area contributed by atoms with Crippen LogP contribution in [0.15, 0.2) is 48.8 Å². The number of halogens is 3. The Labute approximate surface area is 143 Å². The van der Waals surface area contributed by atoms with Gasteiger partial charge in [-0.25, -0.2) is 4.79 Å². The number of carbonyl (C=O) groups is 1. The second-order valence-electron chi connectivity index (χ2n) is 5.68. The van der Waals surface area contributed by atoms with Gasteiger partial charge < -0.3 is 15.1 Å². The van der Waals surface area contributed by atoms with Crippen LogP contribution in [0.4, 0.5) is 29.3 Å². The van der Waals surface area contributed by atoms with Crippen LogP contribution in [-0.4, -0.2) is 42.1 Å². The van der Waals surface area contributed by atoms with Crippen molar-refractivity contribution in [2.75, 3.05) is 36.4 Å². The lowest BCUT2D eigenvalue weighted by atomic mass is 10.2.